The predicted molar refractivity (Wildman–Crippen MR) is 108 cm³/mol. The molecule has 4 aromatic rings. The molecule has 0 amide bonds. The molecule has 0 aliphatic heterocycles. The van der Waals surface area contributed by atoms with Crippen LogP contribution in [-0.2, 0) is 6.61 Å². The fourth-order valence-corrected chi connectivity index (χ4v) is 3.40. The number of benzene rings is 3. The average Bonchev–Trinajstić information content (AvgIpc) is 2.69. The van der Waals surface area contributed by atoms with E-state index in [9.17, 15) is 9.18 Å². The van der Waals surface area contributed by atoms with Crippen LogP contribution in [0.2, 0.25) is 5.02 Å². The molecule has 28 heavy (non-hydrogen) atoms. The number of ether oxygens (including phenoxy) is 1. The van der Waals surface area contributed by atoms with Gasteiger partial charge in [-0.2, -0.15) is 0 Å². The Kier molecular flexibility index (Phi) is 4.88. The highest BCUT2D eigenvalue weighted by Gasteiger charge is 2.19. The molecule has 0 aliphatic carbocycles. The summed E-state index contributed by atoms with van der Waals surface area (Å²) in [5, 5.41) is 0.504. The van der Waals surface area contributed by atoms with Crippen LogP contribution in [0.15, 0.2) is 75.9 Å². The molecule has 3 aromatic carbocycles. The molecule has 0 saturated carbocycles. The van der Waals surface area contributed by atoms with Gasteiger partial charge in [0.25, 0.3) is 0 Å². The summed E-state index contributed by atoms with van der Waals surface area (Å²) in [6, 6.07) is 19.1. The third-order valence-electron chi connectivity index (χ3n) is 4.50. The first-order valence-corrected chi connectivity index (χ1v) is 9.11. The van der Waals surface area contributed by atoms with Crippen molar-refractivity contribution in [3.05, 3.63) is 99.1 Å². The lowest BCUT2D eigenvalue weighted by molar-refractivity contribution is 0.306. The van der Waals surface area contributed by atoms with Crippen molar-refractivity contribution in [3.63, 3.8) is 0 Å². The van der Waals surface area contributed by atoms with Gasteiger partial charge in [-0.15, -0.1) is 0 Å². The first-order valence-electron chi connectivity index (χ1n) is 8.73. The Morgan fingerprint density at radius 3 is 2.54 bits per heavy atom. The molecule has 5 heteroatoms. The number of rotatable bonds is 4. The van der Waals surface area contributed by atoms with Crippen LogP contribution in [0.3, 0.4) is 0 Å². The Labute approximate surface area is 166 Å². The maximum absolute atomic E-state index is 14.3. The number of hydrogen-bond donors (Lipinski definition) is 0. The first kappa shape index (κ1) is 18.3. The van der Waals surface area contributed by atoms with E-state index in [0.717, 1.165) is 5.56 Å². The molecule has 4 rings (SSSR count). The second-order valence-electron chi connectivity index (χ2n) is 6.39. The third-order valence-corrected chi connectivity index (χ3v) is 4.82. The van der Waals surface area contributed by atoms with E-state index < -0.39 is 5.82 Å². The van der Waals surface area contributed by atoms with Crippen molar-refractivity contribution < 1.29 is 13.5 Å². The van der Waals surface area contributed by atoms with Crippen LogP contribution in [0.1, 0.15) is 11.3 Å². The lowest BCUT2D eigenvalue weighted by Crippen LogP contribution is -2.09. The van der Waals surface area contributed by atoms with Crippen LogP contribution in [0, 0.1) is 12.7 Å². The normalized spacial score (nSPS) is 11.0. The molecule has 0 spiro atoms. The standard InChI is InChI=1S/C23H16ClFO3/c1-14-21(22-18(24)8-5-9-19(22)25)23(26)17-11-10-16(12-20(17)28-14)27-13-15-6-3-2-4-7-15/h2-12H,13H2,1H3. The minimum Gasteiger partial charge on any atom is -0.489 e. The van der Waals surface area contributed by atoms with Gasteiger partial charge in [0.15, 0.2) is 0 Å². The molecule has 0 saturated heterocycles. The molecule has 0 N–H and O–H groups in total. The highest BCUT2D eigenvalue weighted by molar-refractivity contribution is 6.33. The van der Waals surface area contributed by atoms with E-state index in [1.165, 1.54) is 12.1 Å². The molecular weight excluding hydrogens is 379 g/mol. The maximum Gasteiger partial charge on any atom is 0.200 e. The Bertz CT molecular complexity index is 1200. The second kappa shape index (κ2) is 7.49. The molecule has 1 aromatic heterocycles. The van der Waals surface area contributed by atoms with Crippen molar-refractivity contribution in [1.29, 1.82) is 0 Å². The largest absolute Gasteiger partial charge is 0.489 e. The summed E-state index contributed by atoms with van der Waals surface area (Å²) in [5.41, 5.74) is 1.27. The van der Waals surface area contributed by atoms with Crippen LogP contribution in [0.5, 0.6) is 5.75 Å². The topological polar surface area (TPSA) is 39.4 Å². The van der Waals surface area contributed by atoms with Crippen molar-refractivity contribution in [1.82, 2.24) is 0 Å². The second-order valence-corrected chi connectivity index (χ2v) is 6.80. The van der Waals surface area contributed by atoms with E-state index in [0.29, 0.717) is 29.1 Å². The maximum atomic E-state index is 14.3. The van der Waals surface area contributed by atoms with Gasteiger partial charge >= 0.3 is 0 Å². The van der Waals surface area contributed by atoms with Gasteiger partial charge in [0.1, 0.15) is 29.5 Å². The van der Waals surface area contributed by atoms with Crippen molar-refractivity contribution >= 4 is 22.6 Å². The predicted octanol–water partition coefficient (Wildman–Crippen LogP) is 6.14. The summed E-state index contributed by atoms with van der Waals surface area (Å²) in [7, 11) is 0. The zero-order chi connectivity index (χ0) is 19.7. The van der Waals surface area contributed by atoms with Gasteiger partial charge in [-0.1, -0.05) is 48.0 Å². The minimum absolute atomic E-state index is 0.0571. The Hall–Kier alpha value is -3.11. The molecule has 0 fully saturated rings. The van der Waals surface area contributed by atoms with Crippen molar-refractivity contribution in [3.8, 4) is 16.9 Å². The molecule has 0 aliphatic rings. The minimum atomic E-state index is -0.565. The SMILES string of the molecule is Cc1oc2cc(OCc3ccccc3)ccc2c(=O)c1-c1c(F)cccc1Cl. The number of halogens is 2. The van der Waals surface area contributed by atoms with E-state index in [1.54, 1.807) is 31.2 Å². The number of hydrogen-bond acceptors (Lipinski definition) is 3. The highest BCUT2D eigenvalue weighted by atomic mass is 35.5. The number of fused-ring (bicyclic) bond motifs is 1. The summed E-state index contributed by atoms with van der Waals surface area (Å²) >= 11 is 6.14. The van der Waals surface area contributed by atoms with Gasteiger partial charge in [-0.25, -0.2) is 4.39 Å². The van der Waals surface area contributed by atoms with E-state index in [-0.39, 0.29) is 21.6 Å². The fourth-order valence-electron chi connectivity index (χ4n) is 3.14. The van der Waals surface area contributed by atoms with Gasteiger partial charge in [0.2, 0.25) is 5.43 Å². The summed E-state index contributed by atoms with van der Waals surface area (Å²) in [4.78, 5) is 13.0. The van der Waals surface area contributed by atoms with Gasteiger partial charge in [0, 0.05) is 11.6 Å². The summed E-state index contributed by atoms with van der Waals surface area (Å²) in [6.07, 6.45) is 0. The molecule has 0 atom stereocenters. The van der Waals surface area contributed by atoms with Crippen LogP contribution in [-0.4, -0.2) is 0 Å². The lowest BCUT2D eigenvalue weighted by Gasteiger charge is -2.11. The molecular formula is C23H16ClFO3. The molecule has 0 unspecified atom stereocenters. The summed E-state index contributed by atoms with van der Waals surface area (Å²) < 4.78 is 26.0. The van der Waals surface area contributed by atoms with Crippen molar-refractivity contribution in [2.45, 2.75) is 13.5 Å². The molecule has 3 nitrogen and oxygen atoms in total. The first-order chi connectivity index (χ1) is 13.5. The highest BCUT2D eigenvalue weighted by Crippen LogP contribution is 2.32. The van der Waals surface area contributed by atoms with Crippen LogP contribution < -0.4 is 10.2 Å². The van der Waals surface area contributed by atoms with Crippen LogP contribution >= 0.6 is 11.6 Å². The monoisotopic (exact) mass is 394 g/mol. The fraction of sp³-hybridized carbons (Fsp3) is 0.0870. The lowest BCUT2D eigenvalue weighted by atomic mass is 10.0. The van der Waals surface area contributed by atoms with E-state index in [4.69, 9.17) is 20.8 Å². The van der Waals surface area contributed by atoms with Gasteiger partial charge < -0.3 is 9.15 Å². The van der Waals surface area contributed by atoms with Gasteiger partial charge in [-0.05, 0) is 36.8 Å². The van der Waals surface area contributed by atoms with Crippen LogP contribution in [0.25, 0.3) is 22.1 Å². The van der Waals surface area contributed by atoms with Gasteiger partial charge in [-0.3, -0.25) is 4.79 Å². The van der Waals surface area contributed by atoms with Crippen molar-refractivity contribution in [2.75, 3.05) is 0 Å². The molecule has 1 heterocycles. The quantitative estimate of drug-likeness (QED) is 0.417. The number of aryl methyl sites for hydroxylation is 1. The Morgan fingerprint density at radius 2 is 1.79 bits per heavy atom. The van der Waals surface area contributed by atoms with E-state index >= 15 is 0 Å². The smallest absolute Gasteiger partial charge is 0.200 e. The summed E-state index contributed by atoms with van der Waals surface area (Å²) in [6.45, 7) is 2.02. The Morgan fingerprint density at radius 1 is 1.00 bits per heavy atom. The van der Waals surface area contributed by atoms with E-state index in [2.05, 4.69) is 0 Å². The van der Waals surface area contributed by atoms with Crippen molar-refractivity contribution in [2.24, 2.45) is 0 Å². The van der Waals surface area contributed by atoms with Crippen LogP contribution in [0.4, 0.5) is 4.39 Å². The molecule has 0 bridgehead atoms. The third kappa shape index (κ3) is 3.39. The van der Waals surface area contributed by atoms with Gasteiger partial charge in [0.05, 0.1) is 16.0 Å². The zero-order valence-electron chi connectivity index (χ0n) is 15.0. The zero-order valence-corrected chi connectivity index (χ0v) is 15.8. The molecule has 140 valence electrons. The summed E-state index contributed by atoms with van der Waals surface area (Å²) in [5.74, 6) is 0.311. The Balaban J connectivity index is 1.75. The average molecular weight is 395 g/mol. The van der Waals surface area contributed by atoms with E-state index in [1.807, 2.05) is 30.3 Å². The molecule has 0 radical (unpaired) electrons.